The van der Waals surface area contributed by atoms with E-state index in [4.69, 9.17) is 0 Å². The molecule has 0 radical (unpaired) electrons. The summed E-state index contributed by atoms with van der Waals surface area (Å²) in [5, 5.41) is 15.6. The molecule has 0 bridgehead atoms. The average molecular weight is 352 g/mol. The highest BCUT2D eigenvalue weighted by Crippen LogP contribution is 2.43. The van der Waals surface area contributed by atoms with Crippen molar-refractivity contribution in [2.45, 2.75) is 57.0 Å². The van der Waals surface area contributed by atoms with Crippen LogP contribution in [-0.2, 0) is 24.9 Å². The summed E-state index contributed by atoms with van der Waals surface area (Å²) < 4.78 is 2.25. The molecule has 1 aromatic heterocycles. The van der Waals surface area contributed by atoms with Crippen LogP contribution in [0.4, 0.5) is 0 Å². The normalized spacial score (nSPS) is 18.7. The molecule has 2 heterocycles. The Hall–Kier alpha value is -2.37. The molecule has 2 N–H and O–H groups in total. The molecule has 138 valence electrons. The van der Waals surface area contributed by atoms with Crippen molar-refractivity contribution >= 4 is 5.96 Å². The van der Waals surface area contributed by atoms with Crippen molar-refractivity contribution in [3.05, 3.63) is 47.5 Å². The van der Waals surface area contributed by atoms with Gasteiger partial charge in [-0.1, -0.05) is 36.8 Å². The van der Waals surface area contributed by atoms with E-state index in [2.05, 4.69) is 60.7 Å². The Labute approximate surface area is 155 Å². The number of aryl methyl sites for hydroxylation is 1. The Morgan fingerprint density at radius 1 is 1.12 bits per heavy atom. The molecule has 0 spiro atoms. The number of nitrogens with zero attached hydrogens (tertiary/aromatic N) is 4. The van der Waals surface area contributed by atoms with E-state index in [1.54, 1.807) is 0 Å². The van der Waals surface area contributed by atoms with Crippen LogP contribution in [-0.4, -0.2) is 34.3 Å². The minimum atomic E-state index is 0.243. The van der Waals surface area contributed by atoms with Crippen molar-refractivity contribution in [2.24, 2.45) is 4.99 Å². The van der Waals surface area contributed by atoms with Crippen molar-refractivity contribution in [3.8, 4) is 0 Å². The first-order valence-corrected chi connectivity index (χ1v) is 9.72. The summed E-state index contributed by atoms with van der Waals surface area (Å²) in [7, 11) is 1.82. The minimum Gasteiger partial charge on any atom is -0.356 e. The fourth-order valence-electron chi connectivity index (χ4n) is 4.10. The molecule has 1 aliphatic heterocycles. The van der Waals surface area contributed by atoms with Gasteiger partial charge in [0.1, 0.15) is 5.82 Å². The van der Waals surface area contributed by atoms with Crippen LogP contribution in [0.2, 0.25) is 0 Å². The van der Waals surface area contributed by atoms with Gasteiger partial charge < -0.3 is 15.2 Å². The molecule has 26 heavy (non-hydrogen) atoms. The van der Waals surface area contributed by atoms with Crippen molar-refractivity contribution in [1.29, 1.82) is 0 Å². The number of aromatic nitrogens is 3. The molecule has 2 aliphatic rings. The fourth-order valence-corrected chi connectivity index (χ4v) is 4.10. The van der Waals surface area contributed by atoms with Gasteiger partial charge in [-0.25, -0.2) is 0 Å². The molecule has 0 atom stereocenters. The topological polar surface area (TPSA) is 67.1 Å². The Kier molecular flexibility index (Phi) is 4.91. The maximum Gasteiger partial charge on any atom is 0.191 e. The van der Waals surface area contributed by atoms with Crippen LogP contribution in [0, 0.1) is 0 Å². The predicted octanol–water partition coefficient (Wildman–Crippen LogP) is 2.40. The van der Waals surface area contributed by atoms with Gasteiger partial charge in [0.25, 0.3) is 0 Å². The largest absolute Gasteiger partial charge is 0.356 e. The molecule has 6 heteroatoms. The van der Waals surface area contributed by atoms with Gasteiger partial charge in [0.15, 0.2) is 11.8 Å². The number of fused-ring (bicyclic) bond motifs is 1. The summed E-state index contributed by atoms with van der Waals surface area (Å²) in [6, 6.07) is 10.9. The maximum atomic E-state index is 4.39. The monoisotopic (exact) mass is 352 g/mol. The predicted molar refractivity (Wildman–Crippen MR) is 103 cm³/mol. The third-order valence-electron chi connectivity index (χ3n) is 5.86. The van der Waals surface area contributed by atoms with Gasteiger partial charge in [-0.15, -0.1) is 10.2 Å². The molecule has 2 aromatic rings. The first-order chi connectivity index (χ1) is 12.8. The summed E-state index contributed by atoms with van der Waals surface area (Å²) in [4.78, 5) is 4.39. The van der Waals surface area contributed by atoms with E-state index in [0.717, 1.165) is 37.1 Å². The zero-order valence-electron chi connectivity index (χ0n) is 15.5. The number of guanidine groups is 1. The molecule has 6 nitrogen and oxygen atoms in total. The second kappa shape index (κ2) is 7.48. The molecule has 1 saturated carbocycles. The van der Waals surface area contributed by atoms with Crippen LogP contribution in [0.25, 0.3) is 0 Å². The summed E-state index contributed by atoms with van der Waals surface area (Å²) in [6.45, 7) is 2.60. The number of benzene rings is 1. The highest BCUT2D eigenvalue weighted by molar-refractivity contribution is 5.79. The Morgan fingerprint density at radius 2 is 1.96 bits per heavy atom. The van der Waals surface area contributed by atoms with E-state index in [1.165, 1.54) is 37.7 Å². The van der Waals surface area contributed by atoms with Gasteiger partial charge in [0.2, 0.25) is 0 Å². The average Bonchev–Trinajstić information content (AvgIpc) is 3.07. The fraction of sp³-hybridized carbons (Fsp3) is 0.550. The summed E-state index contributed by atoms with van der Waals surface area (Å²) in [5.41, 5.74) is 1.67. The molecule has 4 rings (SSSR count). The number of nitrogens with one attached hydrogen (secondary N) is 2. The van der Waals surface area contributed by atoms with Crippen molar-refractivity contribution < 1.29 is 0 Å². The molecule has 1 aromatic carbocycles. The molecule has 0 saturated heterocycles. The van der Waals surface area contributed by atoms with Gasteiger partial charge >= 0.3 is 0 Å². The van der Waals surface area contributed by atoms with Crippen LogP contribution >= 0.6 is 0 Å². The lowest BCUT2D eigenvalue weighted by Gasteiger charge is -2.43. The second-order valence-electron chi connectivity index (χ2n) is 7.42. The van der Waals surface area contributed by atoms with Crippen molar-refractivity contribution in [2.75, 3.05) is 13.6 Å². The lowest BCUT2D eigenvalue weighted by atomic mass is 9.64. The summed E-state index contributed by atoms with van der Waals surface area (Å²) in [5.74, 6) is 2.96. The lowest BCUT2D eigenvalue weighted by Crippen LogP contribution is -2.48. The SMILES string of the molecule is CN=C(NCc1nnc2n1CCCC2)NCC1(c2ccccc2)CCC1. The number of hydrogen-bond acceptors (Lipinski definition) is 3. The van der Waals surface area contributed by atoms with E-state index >= 15 is 0 Å². The number of rotatable bonds is 5. The molecule has 0 amide bonds. The maximum absolute atomic E-state index is 4.39. The standard InChI is InChI=1S/C20H28N6/c1-21-19(22-14-18-25-24-17-10-5-6-13-26(17)18)23-15-20(11-7-12-20)16-8-3-2-4-9-16/h2-4,8-9H,5-7,10-15H2,1H3,(H2,21,22,23). The van der Waals surface area contributed by atoms with E-state index in [-0.39, 0.29) is 5.41 Å². The van der Waals surface area contributed by atoms with Crippen molar-refractivity contribution in [3.63, 3.8) is 0 Å². The number of hydrogen-bond donors (Lipinski definition) is 2. The van der Waals surface area contributed by atoms with Gasteiger partial charge in [0.05, 0.1) is 6.54 Å². The molecular weight excluding hydrogens is 324 g/mol. The third kappa shape index (κ3) is 3.32. The summed E-state index contributed by atoms with van der Waals surface area (Å²) >= 11 is 0. The molecule has 0 unspecified atom stereocenters. The van der Waals surface area contributed by atoms with E-state index in [9.17, 15) is 0 Å². The van der Waals surface area contributed by atoms with Crippen LogP contribution in [0.5, 0.6) is 0 Å². The van der Waals surface area contributed by atoms with Gasteiger partial charge in [-0.05, 0) is 31.2 Å². The van der Waals surface area contributed by atoms with E-state index in [1.807, 2.05) is 7.05 Å². The third-order valence-corrected chi connectivity index (χ3v) is 5.86. The van der Waals surface area contributed by atoms with Gasteiger partial charge in [-0.3, -0.25) is 4.99 Å². The van der Waals surface area contributed by atoms with Crippen LogP contribution in [0.1, 0.15) is 49.3 Å². The van der Waals surface area contributed by atoms with Crippen LogP contribution in [0.15, 0.2) is 35.3 Å². The highest BCUT2D eigenvalue weighted by atomic mass is 15.3. The molecule has 1 fully saturated rings. The Bertz CT molecular complexity index is 760. The smallest absolute Gasteiger partial charge is 0.191 e. The Balaban J connectivity index is 1.36. The van der Waals surface area contributed by atoms with E-state index < -0.39 is 0 Å². The first-order valence-electron chi connectivity index (χ1n) is 9.72. The highest BCUT2D eigenvalue weighted by Gasteiger charge is 2.38. The minimum absolute atomic E-state index is 0.243. The zero-order chi connectivity index (χ0) is 17.8. The van der Waals surface area contributed by atoms with Crippen LogP contribution in [0.3, 0.4) is 0 Å². The quantitative estimate of drug-likeness (QED) is 0.640. The lowest BCUT2D eigenvalue weighted by molar-refractivity contribution is 0.244. The van der Waals surface area contributed by atoms with Crippen molar-refractivity contribution in [1.82, 2.24) is 25.4 Å². The van der Waals surface area contributed by atoms with Crippen LogP contribution < -0.4 is 10.6 Å². The second-order valence-corrected chi connectivity index (χ2v) is 7.42. The molecule has 1 aliphatic carbocycles. The molecular formula is C20H28N6. The number of aliphatic imine (C=N–C) groups is 1. The first kappa shape index (κ1) is 17.1. The summed E-state index contributed by atoms with van der Waals surface area (Å²) in [6.07, 6.45) is 7.24. The Morgan fingerprint density at radius 3 is 2.69 bits per heavy atom. The zero-order valence-corrected chi connectivity index (χ0v) is 15.5. The van der Waals surface area contributed by atoms with Gasteiger partial charge in [-0.2, -0.15) is 0 Å². The van der Waals surface area contributed by atoms with Gasteiger partial charge in [0, 0.05) is 32.0 Å². The van der Waals surface area contributed by atoms with E-state index in [0.29, 0.717) is 6.54 Å².